The highest BCUT2D eigenvalue weighted by atomic mass is 19.4. The Labute approximate surface area is 181 Å². The first-order chi connectivity index (χ1) is 15.4. The minimum atomic E-state index is -4.47. The number of ether oxygens (including phenoxy) is 2. The maximum absolute atomic E-state index is 13.2. The lowest BCUT2D eigenvalue weighted by Crippen LogP contribution is -2.05. The summed E-state index contributed by atoms with van der Waals surface area (Å²) in [6.45, 7) is 0. The molecule has 0 atom stereocenters. The molecule has 0 saturated heterocycles. The molecule has 0 radical (unpaired) electrons. The molecule has 2 aromatic carbocycles. The van der Waals surface area contributed by atoms with Gasteiger partial charge in [-0.15, -0.1) is 0 Å². The van der Waals surface area contributed by atoms with Crippen molar-refractivity contribution >= 4 is 17.7 Å². The second-order valence-corrected chi connectivity index (χ2v) is 6.89. The number of imidazole rings is 1. The van der Waals surface area contributed by atoms with E-state index in [1.807, 2.05) is 0 Å². The molecule has 1 N–H and O–H groups in total. The summed E-state index contributed by atoms with van der Waals surface area (Å²) < 4.78 is 52.0. The zero-order valence-electron chi connectivity index (χ0n) is 17.1. The van der Waals surface area contributed by atoms with Crippen LogP contribution in [-0.4, -0.2) is 30.0 Å². The quantitative estimate of drug-likeness (QED) is 0.414. The number of benzene rings is 2. The molecule has 0 aliphatic rings. The van der Waals surface area contributed by atoms with E-state index in [-0.39, 0.29) is 0 Å². The van der Waals surface area contributed by atoms with Crippen molar-refractivity contribution in [2.24, 2.45) is 0 Å². The Morgan fingerprint density at radius 1 is 1.03 bits per heavy atom. The number of hydrogen-bond acceptors (Lipinski definition) is 4. The zero-order chi connectivity index (χ0) is 22.9. The number of nitrogens with zero attached hydrogens (tertiary/aromatic N) is 2. The molecule has 4 rings (SSSR count). The molecule has 6 nitrogen and oxygen atoms in total. The number of nitrogens with one attached hydrogen (secondary N) is 1. The van der Waals surface area contributed by atoms with Crippen LogP contribution in [0.1, 0.15) is 5.56 Å². The molecular weight excluding hydrogens is 423 g/mol. The van der Waals surface area contributed by atoms with Crippen LogP contribution in [-0.2, 0) is 11.0 Å². The fraction of sp³-hybridized carbons (Fsp3) is 0.130. The molecule has 0 fully saturated rings. The van der Waals surface area contributed by atoms with Crippen LogP contribution < -0.4 is 14.8 Å². The van der Waals surface area contributed by atoms with Gasteiger partial charge >= 0.3 is 6.18 Å². The number of carbonyl (C=O) groups excluding carboxylic acids is 1. The lowest BCUT2D eigenvalue weighted by atomic mass is 10.0. The molecule has 1 amide bonds. The summed E-state index contributed by atoms with van der Waals surface area (Å²) in [4.78, 5) is 15.5. The highest BCUT2D eigenvalue weighted by molar-refractivity contribution is 5.87. The van der Waals surface area contributed by atoms with Gasteiger partial charge in [0.05, 0.1) is 37.4 Å². The third kappa shape index (κ3) is 3.84. The highest BCUT2D eigenvalue weighted by Gasteiger charge is 2.30. The average Bonchev–Trinajstić information content (AvgIpc) is 3.22. The van der Waals surface area contributed by atoms with Crippen LogP contribution in [0.2, 0.25) is 0 Å². The molecule has 0 unspecified atom stereocenters. The van der Waals surface area contributed by atoms with Crippen molar-refractivity contribution in [1.82, 2.24) is 9.38 Å². The Morgan fingerprint density at radius 3 is 2.53 bits per heavy atom. The summed E-state index contributed by atoms with van der Waals surface area (Å²) in [5.41, 5.74) is 2.16. The van der Waals surface area contributed by atoms with Gasteiger partial charge in [0.1, 0.15) is 11.5 Å². The number of rotatable bonds is 6. The summed E-state index contributed by atoms with van der Waals surface area (Å²) in [5.74, 6) is 1.13. The van der Waals surface area contributed by atoms with Crippen molar-refractivity contribution in [2.75, 3.05) is 19.5 Å². The van der Waals surface area contributed by atoms with E-state index in [4.69, 9.17) is 9.47 Å². The van der Waals surface area contributed by atoms with Crippen LogP contribution in [0.25, 0.3) is 28.0 Å². The number of methoxy groups -OCH3 is 2. The normalized spacial score (nSPS) is 11.4. The Bertz CT molecular complexity index is 1300. The summed E-state index contributed by atoms with van der Waals surface area (Å²) in [6.07, 6.45) is -0.751. The fourth-order valence-corrected chi connectivity index (χ4v) is 3.51. The number of pyridine rings is 1. The smallest absolute Gasteiger partial charge is 0.416 e. The topological polar surface area (TPSA) is 64.9 Å². The van der Waals surface area contributed by atoms with Gasteiger partial charge in [-0.2, -0.15) is 13.2 Å². The van der Waals surface area contributed by atoms with Gasteiger partial charge in [0.2, 0.25) is 6.41 Å². The van der Waals surface area contributed by atoms with E-state index < -0.39 is 11.7 Å². The van der Waals surface area contributed by atoms with Crippen LogP contribution in [0.3, 0.4) is 0 Å². The number of aromatic nitrogens is 2. The first-order valence-electron chi connectivity index (χ1n) is 9.47. The third-order valence-electron chi connectivity index (χ3n) is 5.03. The number of alkyl halides is 3. The number of carbonyl (C=O) groups is 1. The van der Waals surface area contributed by atoms with E-state index >= 15 is 0 Å². The summed E-state index contributed by atoms with van der Waals surface area (Å²) in [6, 6.07) is 12.0. The van der Waals surface area contributed by atoms with Gasteiger partial charge in [0, 0.05) is 29.0 Å². The van der Waals surface area contributed by atoms with Crippen molar-refractivity contribution in [1.29, 1.82) is 0 Å². The van der Waals surface area contributed by atoms with Crippen molar-refractivity contribution in [3.8, 4) is 33.9 Å². The summed E-state index contributed by atoms with van der Waals surface area (Å²) in [5, 5.41) is 2.61. The second-order valence-electron chi connectivity index (χ2n) is 6.89. The largest absolute Gasteiger partial charge is 0.497 e. The average molecular weight is 441 g/mol. The van der Waals surface area contributed by atoms with Gasteiger partial charge in [0.15, 0.2) is 5.65 Å². The fourth-order valence-electron chi connectivity index (χ4n) is 3.51. The molecule has 0 bridgehead atoms. The molecule has 2 heterocycles. The maximum Gasteiger partial charge on any atom is 0.416 e. The molecular formula is C23H18F3N3O3. The number of hydrogen-bond donors (Lipinski definition) is 1. The molecule has 2 aromatic heterocycles. The SMILES string of the molecule is COc1ccc(-c2cc(NC=O)c3ncc(-c4cccc(C(F)(F)F)c4)n3c2)c(OC)c1. The van der Waals surface area contributed by atoms with Crippen molar-refractivity contribution in [3.63, 3.8) is 0 Å². The van der Waals surface area contributed by atoms with Gasteiger partial charge in [-0.25, -0.2) is 4.98 Å². The first-order valence-corrected chi connectivity index (χ1v) is 9.47. The first kappa shape index (κ1) is 21.2. The van der Waals surface area contributed by atoms with Gasteiger partial charge in [-0.3, -0.25) is 9.20 Å². The van der Waals surface area contributed by atoms with Gasteiger partial charge in [0.25, 0.3) is 0 Å². The van der Waals surface area contributed by atoms with E-state index in [0.29, 0.717) is 51.6 Å². The van der Waals surface area contributed by atoms with Crippen LogP contribution >= 0.6 is 0 Å². The Kier molecular flexibility index (Phi) is 5.48. The Hall–Kier alpha value is -4.01. The zero-order valence-corrected chi connectivity index (χ0v) is 17.1. The number of anilines is 1. The lowest BCUT2D eigenvalue weighted by molar-refractivity contribution is -0.137. The molecule has 32 heavy (non-hydrogen) atoms. The van der Waals surface area contributed by atoms with Gasteiger partial charge < -0.3 is 14.8 Å². The number of amides is 1. The van der Waals surface area contributed by atoms with E-state index in [0.717, 1.165) is 12.1 Å². The van der Waals surface area contributed by atoms with E-state index in [1.54, 1.807) is 48.0 Å². The van der Waals surface area contributed by atoms with Crippen molar-refractivity contribution in [2.45, 2.75) is 6.18 Å². The summed E-state index contributed by atoms with van der Waals surface area (Å²) in [7, 11) is 3.06. The lowest BCUT2D eigenvalue weighted by Gasteiger charge is -2.14. The highest BCUT2D eigenvalue weighted by Crippen LogP contribution is 2.37. The molecule has 0 aliphatic heterocycles. The van der Waals surface area contributed by atoms with Crippen LogP contribution in [0.4, 0.5) is 18.9 Å². The maximum atomic E-state index is 13.2. The predicted molar refractivity (Wildman–Crippen MR) is 114 cm³/mol. The van der Waals surface area contributed by atoms with Crippen molar-refractivity contribution in [3.05, 3.63) is 66.5 Å². The molecule has 0 spiro atoms. The minimum Gasteiger partial charge on any atom is -0.497 e. The third-order valence-corrected chi connectivity index (χ3v) is 5.03. The van der Waals surface area contributed by atoms with E-state index in [9.17, 15) is 18.0 Å². The molecule has 0 aliphatic carbocycles. The van der Waals surface area contributed by atoms with Gasteiger partial charge in [-0.1, -0.05) is 12.1 Å². The van der Waals surface area contributed by atoms with Crippen LogP contribution in [0, 0.1) is 0 Å². The van der Waals surface area contributed by atoms with E-state index in [1.165, 1.54) is 19.4 Å². The van der Waals surface area contributed by atoms with Crippen LogP contribution in [0.15, 0.2) is 60.9 Å². The Morgan fingerprint density at radius 2 is 1.84 bits per heavy atom. The predicted octanol–water partition coefficient (Wildman–Crippen LogP) is 5.27. The number of fused-ring (bicyclic) bond motifs is 1. The Balaban J connectivity index is 1.94. The second kappa shape index (κ2) is 8.26. The summed E-state index contributed by atoms with van der Waals surface area (Å²) >= 11 is 0. The van der Waals surface area contributed by atoms with Crippen LogP contribution in [0.5, 0.6) is 11.5 Å². The van der Waals surface area contributed by atoms with E-state index in [2.05, 4.69) is 10.3 Å². The molecule has 4 aromatic rings. The monoisotopic (exact) mass is 441 g/mol. The number of halogens is 3. The molecule has 164 valence electrons. The minimum absolute atomic E-state index is 0.336. The van der Waals surface area contributed by atoms with Gasteiger partial charge in [-0.05, 0) is 30.3 Å². The standard InChI is InChI=1S/C23H18F3N3O3/c1-31-17-6-7-18(21(10-17)32-2)15-9-19(28-13-30)22-27-11-20(29(22)12-15)14-4-3-5-16(8-14)23(24,25)26/h3-13H,1-2H3,(H,28,30). The molecule has 0 saturated carbocycles. The molecule has 9 heteroatoms. The van der Waals surface area contributed by atoms with Crippen molar-refractivity contribution < 1.29 is 27.4 Å².